The number of fused-ring (bicyclic) bond motifs is 2. The summed E-state index contributed by atoms with van der Waals surface area (Å²) in [4.78, 5) is 27.9. The molecule has 3 heterocycles. The molecular weight excluding hydrogens is 515 g/mol. The van der Waals surface area contributed by atoms with E-state index >= 15 is 0 Å². The average Bonchev–Trinajstić information content (AvgIpc) is 3.70. The highest BCUT2D eigenvalue weighted by atomic mass is 32.2. The number of aromatic nitrogens is 1. The van der Waals surface area contributed by atoms with Gasteiger partial charge in [0, 0.05) is 38.4 Å². The Kier molecular flexibility index (Phi) is 7.74. The second kappa shape index (κ2) is 10.7. The Balaban J connectivity index is 0.000000405. The number of carbonyl (C=O) groups excluding carboxylic acids is 1. The molecular formula is C24H26F3N3O6S. The maximum absolute atomic E-state index is 13.5. The van der Waals surface area contributed by atoms with Crippen LogP contribution in [-0.2, 0) is 14.8 Å². The summed E-state index contributed by atoms with van der Waals surface area (Å²) in [5.74, 6) is -2.00. The highest BCUT2D eigenvalue weighted by molar-refractivity contribution is 7.89. The summed E-state index contributed by atoms with van der Waals surface area (Å²) >= 11 is 0. The van der Waals surface area contributed by atoms with Crippen molar-refractivity contribution in [3.63, 3.8) is 0 Å². The van der Waals surface area contributed by atoms with Gasteiger partial charge < -0.3 is 14.7 Å². The molecule has 2 atom stereocenters. The van der Waals surface area contributed by atoms with Gasteiger partial charge in [-0.05, 0) is 49.4 Å². The van der Waals surface area contributed by atoms with Crippen LogP contribution in [0.3, 0.4) is 0 Å². The van der Waals surface area contributed by atoms with E-state index in [9.17, 15) is 26.4 Å². The number of hydrogen-bond acceptors (Lipinski definition) is 6. The molecule has 9 nitrogen and oxygen atoms in total. The lowest BCUT2D eigenvalue weighted by Crippen LogP contribution is -2.48. The third-order valence-corrected chi connectivity index (χ3v) is 8.40. The number of benzene rings is 1. The number of aliphatic carboxylic acids is 1. The lowest BCUT2D eigenvalue weighted by molar-refractivity contribution is -0.192. The van der Waals surface area contributed by atoms with Crippen molar-refractivity contribution in [2.75, 3.05) is 19.6 Å². The van der Waals surface area contributed by atoms with Gasteiger partial charge in [0.05, 0.1) is 11.6 Å². The predicted molar refractivity (Wildman–Crippen MR) is 124 cm³/mol. The molecule has 5 rings (SSSR count). The number of carbonyl (C=O) groups is 2. The Morgan fingerprint density at radius 3 is 2.35 bits per heavy atom. The summed E-state index contributed by atoms with van der Waals surface area (Å²) in [6.45, 7) is 1.54. The molecule has 1 saturated heterocycles. The molecule has 1 aromatic carbocycles. The molecule has 2 fully saturated rings. The molecule has 0 unspecified atom stereocenters. The number of hydrogen-bond donors (Lipinski definition) is 1. The number of nitrogens with zero attached hydrogens (tertiary/aromatic N) is 3. The largest absolute Gasteiger partial charge is 0.490 e. The Labute approximate surface area is 211 Å². The van der Waals surface area contributed by atoms with Crippen LogP contribution in [0, 0.1) is 5.92 Å². The SMILES string of the molecule is O=C(O)C(F)(F)F.O=C(c1cccnc1)N1CC[C@@H]2Oc3ccccc3S(=O)(=O)N(CC3CC3)[C@H]2CC1. The van der Waals surface area contributed by atoms with E-state index in [-0.39, 0.29) is 22.9 Å². The van der Waals surface area contributed by atoms with Crippen LogP contribution in [0.15, 0.2) is 53.7 Å². The van der Waals surface area contributed by atoms with Crippen molar-refractivity contribution in [2.24, 2.45) is 5.92 Å². The van der Waals surface area contributed by atoms with Crippen molar-refractivity contribution >= 4 is 21.9 Å². The van der Waals surface area contributed by atoms with E-state index in [1.807, 2.05) is 0 Å². The fourth-order valence-corrected chi connectivity index (χ4v) is 6.30. The van der Waals surface area contributed by atoms with Crippen molar-refractivity contribution in [3.8, 4) is 5.75 Å². The first-order chi connectivity index (χ1) is 17.5. The first kappa shape index (κ1) is 26.9. The number of sulfonamides is 1. The van der Waals surface area contributed by atoms with Gasteiger partial charge in [-0.1, -0.05) is 12.1 Å². The van der Waals surface area contributed by atoms with E-state index in [0.717, 1.165) is 12.8 Å². The topological polar surface area (TPSA) is 117 Å². The zero-order valence-corrected chi connectivity index (χ0v) is 20.5. The molecule has 37 heavy (non-hydrogen) atoms. The van der Waals surface area contributed by atoms with E-state index in [0.29, 0.717) is 49.7 Å². The zero-order valence-electron chi connectivity index (χ0n) is 19.7. The van der Waals surface area contributed by atoms with E-state index in [4.69, 9.17) is 14.6 Å². The van der Waals surface area contributed by atoms with Gasteiger partial charge in [-0.15, -0.1) is 0 Å². The minimum Gasteiger partial charge on any atom is -0.487 e. The van der Waals surface area contributed by atoms with Crippen LogP contribution >= 0.6 is 0 Å². The minimum atomic E-state index is -5.08. The Hall–Kier alpha value is -3.19. The number of carboxylic acids is 1. The van der Waals surface area contributed by atoms with Crippen molar-refractivity contribution in [1.29, 1.82) is 0 Å². The minimum absolute atomic E-state index is 0.0726. The monoisotopic (exact) mass is 541 g/mol. The summed E-state index contributed by atoms with van der Waals surface area (Å²) in [7, 11) is -3.66. The standard InChI is InChI=1S/C22H25N3O4S.C2HF3O2/c26-22(17-4-3-11-23-14-17)24-12-9-18-19(10-13-24)29-20-5-1-2-6-21(20)30(27,28)25(18)15-16-7-8-16;3-2(4,5)1(6)7/h1-6,11,14,16,18-19H,7-10,12-13,15H2;(H,6,7)/t18-,19-;/m0./s1. The molecule has 1 amide bonds. The molecule has 0 spiro atoms. The number of likely N-dealkylation sites (tertiary alicyclic amines) is 1. The van der Waals surface area contributed by atoms with Crippen LogP contribution in [0.2, 0.25) is 0 Å². The van der Waals surface area contributed by atoms with Gasteiger partial charge >= 0.3 is 12.1 Å². The number of pyridine rings is 1. The van der Waals surface area contributed by atoms with Gasteiger partial charge in [0.2, 0.25) is 10.0 Å². The van der Waals surface area contributed by atoms with Crippen LogP contribution in [0.1, 0.15) is 36.0 Å². The zero-order chi connectivity index (χ0) is 26.8. The summed E-state index contributed by atoms with van der Waals surface area (Å²) in [6, 6.07) is 10.1. The van der Waals surface area contributed by atoms with Gasteiger partial charge in [0.1, 0.15) is 16.7 Å². The molecule has 0 radical (unpaired) electrons. The summed E-state index contributed by atoms with van der Waals surface area (Å²) in [6.07, 6.45) is 1.12. The Morgan fingerprint density at radius 2 is 1.73 bits per heavy atom. The number of ether oxygens (including phenoxy) is 1. The fraction of sp³-hybridized carbons (Fsp3) is 0.458. The lowest BCUT2D eigenvalue weighted by Gasteiger charge is -2.31. The average molecular weight is 542 g/mol. The molecule has 2 aliphatic heterocycles. The number of halogens is 3. The van der Waals surface area contributed by atoms with E-state index in [2.05, 4.69) is 4.98 Å². The number of para-hydroxylation sites is 1. The maximum Gasteiger partial charge on any atom is 0.490 e. The van der Waals surface area contributed by atoms with Gasteiger partial charge in [-0.3, -0.25) is 9.78 Å². The highest BCUT2D eigenvalue weighted by Gasteiger charge is 2.45. The Morgan fingerprint density at radius 1 is 1.05 bits per heavy atom. The van der Waals surface area contributed by atoms with E-state index < -0.39 is 22.2 Å². The fourth-order valence-electron chi connectivity index (χ4n) is 4.42. The van der Waals surface area contributed by atoms with Crippen LogP contribution in [-0.4, -0.2) is 77.5 Å². The smallest absolute Gasteiger partial charge is 0.487 e. The summed E-state index contributed by atoms with van der Waals surface area (Å²) < 4.78 is 66.8. The van der Waals surface area contributed by atoms with Crippen molar-refractivity contribution in [3.05, 3.63) is 54.4 Å². The summed E-state index contributed by atoms with van der Waals surface area (Å²) in [5.41, 5.74) is 0.549. The second-order valence-corrected chi connectivity index (χ2v) is 11.0. The third-order valence-electron chi connectivity index (χ3n) is 6.46. The van der Waals surface area contributed by atoms with Crippen LogP contribution in [0.4, 0.5) is 13.2 Å². The van der Waals surface area contributed by atoms with Crippen molar-refractivity contribution < 1.29 is 41.0 Å². The molecule has 1 N–H and O–H groups in total. The number of amides is 1. The normalized spacial score (nSPS) is 23.2. The lowest BCUT2D eigenvalue weighted by atomic mass is 10.1. The maximum atomic E-state index is 13.5. The number of alkyl halides is 3. The number of rotatable bonds is 3. The third kappa shape index (κ3) is 6.21. The molecule has 1 aromatic heterocycles. The van der Waals surface area contributed by atoms with Gasteiger partial charge in [0.15, 0.2) is 0 Å². The summed E-state index contributed by atoms with van der Waals surface area (Å²) in [5, 5.41) is 7.12. The second-order valence-electron chi connectivity index (χ2n) is 9.10. The van der Waals surface area contributed by atoms with Crippen molar-refractivity contribution in [1.82, 2.24) is 14.2 Å². The van der Waals surface area contributed by atoms with Gasteiger partial charge in [-0.2, -0.15) is 17.5 Å². The number of carboxylic acid groups (broad SMARTS) is 1. The van der Waals surface area contributed by atoms with Crippen LogP contribution in [0.5, 0.6) is 5.75 Å². The predicted octanol–water partition coefficient (Wildman–Crippen LogP) is 3.18. The quantitative estimate of drug-likeness (QED) is 0.634. The molecule has 200 valence electrons. The molecule has 3 aliphatic rings. The van der Waals surface area contributed by atoms with Crippen LogP contribution < -0.4 is 4.74 Å². The van der Waals surface area contributed by atoms with E-state index in [1.165, 1.54) is 0 Å². The van der Waals surface area contributed by atoms with Crippen LogP contribution in [0.25, 0.3) is 0 Å². The molecule has 0 bridgehead atoms. The first-order valence-electron chi connectivity index (χ1n) is 11.8. The van der Waals surface area contributed by atoms with Gasteiger partial charge in [-0.25, -0.2) is 13.2 Å². The molecule has 2 aromatic rings. The van der Waals surface area contributed by atoms with Crippen molar-refractivity contribution in [2.45, 2.75) is 48.9 Å². The first-order valence-corrected chi connectivity index (χ1v) is 13.2. The van der Waals surface area contributed by atoms with Gasteiger partial charge in [0.25, 0.3) is 5.91 Å². The molecule has 1 aliphatic carbocycles. The highest BCUT2D eigenvalue weighted by Crippen LogP contribution is 2.40. The Bertz CT molecular complexity index is 1240. The van der Waals surface area contributed by atoms with E-state index in [1.54, 1.807) is 58.0 Å². The molecule has 1 saturated carbocycles. The molecule has 13 heteroatoms.